The minimum atomic E-state index is -4.28. The van der Waals surface area contributed by atoms with Crippen LogP contribution in [0.25, 0.3) is 11.1 Å². The second-order valence-corrected chi connectivity index (χ2v) is 5.90. The average Bonchev–Trinajstić information content (AvgIpc) is 2.69. The monoisotopic (exact) mass is 403 g/mol. The van der Waals surface area contributed by atoms with E-state index in [1.54, 1.807) is 13.2 Å². The van der Waals surface area contributed by atoms with E-state index in [0.717, 1.165) is 16.9 Å². The van der Waals surface area contributed by atoms with Crippen LogP contribution >= 0.6 is 0 Å². The van der Waals surface area contributed by atoms with E-state index >= 15 is 0 Å². The summed E-state index contributed by atoms with van der Waals surface area (Å²) in [7, 11) is -1.12. The molecule has 0 saturated carbocycles. The molecule has 0 N–H and O–H groups in total. The van der Waals surface area contributed by atoms with Crippen LogP contribution in [-0.2, 0) is 24.6 Å². The average molecular weight is 403 g/mol. The third-order valence-electron chi connectivity index (χ3n) is 3.05. The van der Waals surface area contributed by atoms with Gasteiger partial charge in [0.2, 0.25) is 6.08 Å². The van der Waals surface area contributed by atoms with Gasteiger partial charge in [-0.25, -0.2) is 14.4 Å². The lowest BCUT2D eigenvalue weighted by Crippen LogP contribution is -1.87. The maximum Gasteiger partial charge on any atom is 0.383 e. The van der Waals surface area contributed by atoms with E-state index < -0.39 is 10.2 Å². The van der Waals surface area contributed by atoms with Crippen LogP contribution in [0.15, 0.2) is 56.3 Å². The SMILES string of the molecule is COc1cccc(-c2ccc(N=C=O)c(OC)c2)c1.O=C=NS(=O)(=O)N=C=O. The highest BCUT2D eigenvalue weighted by Gasteiger charge is 2.06. The van der Waals surface area contributed by atoms with Gasteiger partial charge >= 0.3 is 10.2 Å². The number of isocyanates is 3. The van der Waals surface area contributed by atoms with Crippen LogP contribution in [0.5, 0.6) is 11.5 Å². The van der Waals surface area contributed by atoms with Gasteiger partial charge in [-0.15, -0.1) is 0 Å². The Kier molecular flexibility index (Phi) is 8.69. The molecule has 0 bridgehead atoms. The van der Waals surface area contributed by atoms with E-state index in [0.29, 0.717) is 23.6 Å². The smallest absolute Gasteiger partial charge is 0.383 e. The van der Waals surface area contributed by atoms with Crippen molar-refractivity contribution in [3.8, 4) is 22.6 Å². The highest BCUT2D eigenvalue weighted by molar-refractivity contribution is 7.89. The van der Waals surface area contributed by atoms with E-state index in [1.165, 1.54) is 13.2 Å². The first-order valence-corrected chi connectivity index (χ1v) is 8.64. The second kappa shape index (κ2) is 11.0. The van der Waals surface area contributed by atoms with Crippen LogP contribution in [0.3, 0.4) is 0 Å². The van der Waals surface area contributed by atoms with Crippen LogP contribution in [0, 0.1) is 0 Å². The van der Waals surface area contributed by atoms with Gasteiger partial charge in [-0.1, -0.05) is 27.0 Å². The number of carbonyl (C=O) groups excluding carboxylic acids is 3. The molecule has 0 aliphatic carbocycles. The zero-order valence-corrected chi connectivity index (χ0v) is 15.5. The van der Waals surface area contributed by atoms with Crippen molar-refractivity contribution in [3.05, 3.63) is 42.5 Å². The van der Waals surface area contributed by atoms with Gasteiger partial charge in [0.15, 0.2) is 0 Å². The fraction of sp³-hybridized carbons (Fsp3) is 0.118. The van der Waals surface area contributed by atoms with Crippen molar-refractivity contribution in [1.82, 2.24) is 0 Å². The second-order valence-electron chi connectivity index (χ2n) is 4.63. The Balaban J connectivity index is 0.000000370. The fourth-order valence-corrected chi connectivity index (χ4v) is 2.15. The Hall–Kier alpha value is -3.87. The third kappa shape index (κ3) is 6.80. The molecule has 0 aromatic heterocycles. The highest BCUT2D eigenvalue weighted by Crippen LogP contribution is 2.33. The lowest BCUT2D eigenvalue weighted by molar-refractivity contribution is 0.414. The molecule has 11 heteroatoms. The number of ether oxygens (including phenoxy) is 2. The summed E-state index contributed by atoms with van der Waals surface area (Å²) in [5, 5.41) is 0. The number of aliphatic imine (C=N–C) groups is 1. The van der Waals surface area contributed by atoms with Crippen molar-refractivity contribution < 1.29 is 32.3 Å². The topological polar surface area (TPSA) is 141 Å². The maximum atomic E-state index is 10.3. The number of rotatable bonds is 6. The Morgan fingerprint density at radius 2 is 1.46 bits per heavy atom. The summed E-state index contributed by atoms with van der Waals surface area (Å²) >= 11 is 0. The Labute approximate surface area is 160 Å². The summed E-state index contributed by atoms with van der Waals surface area (Å²) in [5.74, 6) is 1.31. The molecule has 0 unspecified atom stereocenters. The van der Waals surface area contributed by atoms with Crippen molar-refractivity contribution in [2.24, 2.45) is 13.8 Å². The van der Waals surface area contributed by atoms with Crippen LogP contribution in [0.2, 0.25) is 0 Å². The molecule has 0 fully saturated rings. The first kappa shape index (κ1) is 22.2. The lowest BCUT2D eigenvalue weighted by atomic mass is 10.0. The number of hydrogen-bond acceptors (Lipinski definition) is 8. The molecule has 0 spiro atoms. The molecule has 0 amide bonds. The summed E-state index contributed by atoms with van der Waals surface area (Å²) in [6, 6.07) is 13.1. The molecule has 0 atom stereocenters. The number of methoxy groups -OCH3 is 2. The van der Waals surface area contributed by atoms with Gasteiger partial charge < -0.3 is 9.47 Å². The standard InChI is InChI=1S/C15H13NO3.C2N2O4S/c1-18-13-5-3-4-11(8-13)12-6-7-14(16-10-17)15(9-12)19-2;5-1-3-9(7,8)4-2-6/h3-9H,1-2H3;. The molecule has 0 heterocycles. The van der Waals surface area contributed by atoms with Gasteiger partial charge in [-0.3, -0.25) is 0 Å². The molecule has 0 radical (unpaired) electrons. The molecule has 144 valence electrons. The summed E-state index contributed by atoms with van der Waals surface area (Å²) in [6.07, 6.45) is 2.93. The molecule has 28 heavy (non-hydrogen) atoms. The minimum Gasteiger partial charge on any atom is -0.497 e. The van der Waals surface area contributed by atoms with Crippen molar-refractivity contribution in [2.45, 2.75) is 0 Å². The molecule has 10 nitrogen and oxygen atoms in total. The molecule has 0 saturated heterocycles. The van der Waals surface area contributed by atoms with Crippen molar-refractivity contribution in [1.29, 1.82) is 0 Å². The van der Waals surface area contributed by atoms with E-state index in [2.05, 4.69) is 13.8 Å². The summed E-state index contributed by atoms with van der Waals surface area (Å²) in [6.45, 7) is 0. The highest BCUT2D eigenvalue weighted by atomic mass is 32.2. The predicted molar refractivity (Wildman–Crippen MR) is 97.9 cm³/mol. The Morgan fingerprint density at radius 1 is 0.821 bits per heavy atom. The lowest BCUT2D eigenvalue weighted by Gasteiger charge is -2.08. The van der Waals surface area contributed by atoms with E-state index in [1.807, 2.05) is 36.4 Å². The van der Waals surface area contributed by atoms with Gasteiger partial charge in [0.1, 0.15) is 17.2 Å². The van der Waals surface area contributed by atoms with Gasteiger partial charge in [0, 0.05) is 0 Å². The normalized spacial score (nSPS) is 9.36. The fourth-order valence-electron chi connectivity index (χ4n) is 1.92. The number of benzene rings is 2. The molecule has 2 rings (SSSR count). The van der Waals surface area contributed by atoms with Crippen LogP contribution in [-0.4, -0.2) is 40.9 Å². The summed E-state index contributed by atoms with van der Waals surface area (Å²) in [4.78, 5) is 32.4. The number of nitrogens with zero attached hydrogens (tertiary/aromatic N) is 3. The molecule has 0 aliphatic heterocycles. The van der Waals surface area contributed by atoms with Gasteiger partial charge in [0.05, 0.1) is 14.2 Å². The molecular weight excluding hydrogens is 390 g/mol. The van der Waals surface area contributed by atoms with Gasteiger partial charge in [-0.2, -0.15) is 13.4 Å². The largest absolute Gasteiger partial charge is 0.497 e. The van der Waals surface area contributed by atoms with Gasteiger partial charge in [0.25, 0.3) is 12.2 Å². The van der Waals surface area contributed by atoms with Crippen LogP contribution in [0.1, 0.15) is 0 Å². The Morgan fingerprint density at radius 3 is 2.00 bits per heavy atom. The molecule has 2 aromatic carbocycles. The maximum absolute atomic E-state index is 10.3. The molecule has 0 aliphatic rings. The van der Waals surface area contributed by atoms with E-state index in [-0.39, 0.29) is 0 Å². The van der Waals surface area contributed by atoms with E-state index in [9.17, 15) is 22.8 Å². The van der Waals surface area contributed by atoms with Crippen LogP contribution in [0.4, 0.5) is 5.69 Å². The minimum absolute atomic E-state index is 0.462. The van der Waals surface area contributed by atoms with Crippen molar-refractivity contribution in [2.75, 3.05) is 14.2 Å². The first-order chi connectivity index (χ1) is 13.4. The molecule has 2 aromatic rings. The number of hydrogen-bond donors (Lipinski definition) is 0. The van der Waals surface area contributed by atoms with Crippen LogP contribution < -0.4 is 9.47 Å². The summed E-state index contributed by atoms with van der Waals surface area (Å²) < 4.78 is 34.7. The molecular formula is C17H13N3O7S. The van der Waals surface area contributed by atoms with Gasteiger partial charge in [-0.05, 0) is 35.4 Å². The quantitative estimate of drug-likeness (QED) is 0.532. The Bertz CT molecular complexity index is 1060. The zero-order chi connectivity index (χ0) is 21.0. The first-order valence-electron chi connectivity index (χ1n) is 7.24. The zero-order valence-electron chi connectivity index (χ0n) is 14.6. The third-order valence-corrected chi connectivity index (χ3v) is 3.66. The van der Waals surface area contributed by atoms with E-state index in [4.69, 9.17) is 9.47 Å². The summed E-state index contributed by atoms with van der Waals surface area (Å²) in [5.41, 5.74) is 2.42. The van der Waals surface area contributed by atoms with Crippen molar-refractivity contribution >= 4 is 34.1 Å². The van der Waals surface area contributed by atoms with Crippen molar-refractivity contribution in [3.63, 3.8) is 0 Å². The predicted octanol–water partition coefficient (Wildman–Crippen LogP) is 2.24.